The van der Waals surface area contributed by atoms with Crippen LogP contribution in [0.15, 0.2) is 12.3 Å². The molecule has 1 saturated heterocycles. The van der Waals surface area contributed by atoms with E-state index in [1.807, 2.05) is 0 Å². The summed E-state index contributed by atoms with van der Waals surface area (Å²) < 4.78 is 48.3. The number of carbonyl (C=O) groups is 3. The van der Waals surface area contributed by atoms with Crippen molar-refractivity contribution in [1.29, 1.82) is 0 Å². The van der Waals surface area contributed by atoms with Crippen molar-refractivity contribution in [3.05, 3.63) is 18.0 Å². The highest BCUT2D eigenvalue weighted by Gasteiger charge is 2.36. The number of ether oxygens (including phenoxy) is 2. The number of pyridine rings is 1. The molecular weight excluding hydrogens is 485 g/mol. The maximum Gasteiger partial charge on any atom is 0.424 e. The van der Waals surface area contributed by atoms with Gasteiger partial charge in [-0.15, -0.1) is 0 Å². The minimum absolute atomic E-state index is 0.121. The first-order chi connectivity index (χ1) is 16.4. The molecule has 2 amide bonds. The lowest BCUT2D eigenvalue weighted by atomic mass is 10.2. The number of anilines is 2. The van der Waals surface area contributed by atoms with Gasteiger partial charge in [0.25, 0.3) is 0 Å². The predicted octanol–water partition coefficient (Wildman–Crippen LogP) is 4.53. The highest BCUT2D eigenvalue weighted by molar-refractivity contribution is 6.13. The summed E-state index contributed by atoms with van der Waals surface area (Å²) in [5, 5.41) is 9.70. The van der Waals surface area contributed by atoms with Crippen LogP contribution in [0.5, 0.6) is 0 Å². The second-order valence-corrected chi connectivity index (χ2v) is 10.4. The summed E-state index contributed by atoms with van der Waals surface area (Å²) >= 11 is 0. The second kappa shape index (κ2) is 10.9. The first kappa shape index (κ1) is 29.1. The molecule has 0 bridgehead atoms. The fourth-order valence-electron chi connectivity index (χ4n) is 3.35. The largest absolute Gasteiger partial charge is 0.476 e. The van der Waals surface area contributed by atoms with Crippen molar-refractivity contribution in [2.75, 3.05) is 42.5 Å². The summed E-state index contributed by atoms with van der Waals surface area (Å²) in [6, 6.07) is 1.32. The van der Waals surface area contributed by atoms with E-state index in [0.29, 0.717) is 36.8 Å². The maximum atomic E-state index is 13.0. The van der Waals surface area contributed by atoms with Gasteiger partial charge < -0.3 is 19.5 Å². The van der Waals surface area contributed by atoms with Gasteiger partial charge in [0.05, 0.1) is 24.0 Å². The van der Waals surface area contributed by atoms with Crippen LogP contribution in [0.4, 0.5) is 34.1 Å². The number of carbonyl (C=O) groups excluding carboxylic acids is 2. The van der Waals surface area contributed by atoms with Gasteiger partial charge in [0.2, 0.25) is 0 Å². The Morgan fingerprint density at radius 2 is 1.47 bits per heavy atom. The number of aromatic nitrogens is 1. The average molecular weight is 519 g/mol. The SMILES string of the molecule is CC(C)(C)OC(=O)N(C(=O)OC(C)(C)C)c1cc(N2CCN(CCC(F)(F)F)CC2)cnc1C(=O)O. The smallest absolute Gasteiger partial charge is 0.424 e. The van der Waals surface area contributed by atoms with Crippen LogP contribution in [0, 0.1) is 0 Å². The molecule has 0 saturated carbocycles. The average Bonchev–Trinajstić information content (AvgIpc) is 2.69. The van der Waals surface area contributed by atoms with Gasteiger partial charge in [-0.1, -0.05) is 0 Å². The zero-order valence-corrected chi connectivity index (χ0v) is 21.3. The zero-order chi connectivity index (χ0) is 27.5. The molecule has 0 unspecified atom stereocenters. The van der Waals surface area contributed by atoms with E-state index in [9.17, 15) is 32.7 Å². The number of nitrogens with zero attached hydrogens (tertiary/aromatic N) is 4. The van der Waals surface area contributed by atoms with Gasteiger partial charge in [-0.05, 0) is 47.6 Å². The second-order valence-electron chi connectivity index (χ2n) is 10.4. The van der Waals surface area contributed by atoms with Crippen LogP contribution in [0.25, 0.3) is 0 Å². The molecule has 1 aromatic heterocycles. The molecule has 1 N–H and O–H groups in total. The molecule has 202 valence electrons. The number of hydrogen-bond donors (Lipinski definition) is 1. The van der Waals surface area contributed by atoms with Crippen molar-refractivity contribution in [2.24, 2.45) is 0 Å². The number of imide groups is 1. The summed E-state index contributed by atoms with van der Waals surface area (Å²) in [7, 11) is 0. The maximum absolute atomic E-state index is 13.0. The van der Waals surface area contributed by atoms with E-state index in [1.54, 1.807) is 51.3 Å². The van der Waals surface area contributed by atoms with Crippen molar-refractivity contribution >= 4 is 29.5 Å². The first-order valence-corrected chi connectivity index (χ1v) is 11.4. The summed E-state index contributed by atoms with van der Waals surface area (Å²) in [4.78, 5) is 45.9. The van der Waals surface area contributed by atoms with Crippen molar-refractivity contribution in [3.63, 3.8) is 0 Å². The number of rotatable bonds is 5. The van der Waals surface area contributed by atoms with E-state index < -0.39 is 47.6 Å². The van der Waals surface area contributed by atoms with Crippen LogP contribution in [-0.2, 0) is 9.47 Å². The Bertz CT molecular complexity index is 936. The minimum atomic E-state index is -4.24. The number of carboxylic acids is 1. The Hall–Kier alpha value is -3.09. The van der Waals surface area contributed by atoms with E-state index in [4.69, 9.17) is 9.47 Å². The van der Waals surface area contributed by atoms with Gasteiger partial charge in [-0.2, -0.15) is 18.1 Å². The lowest BCUT2D eigenvalue weighted by Crippen LogP contribution is -2.47. The first-order valence-electron chi connectivity index (χ1n) is 11.4. The number of amides is 2. The number of aromatic carboxylic acids is 1. The number of halogens is 3. The number of carboxylic acid groups (broad SMARTS) is 1. The molecule has 0 radical (unpaired) electrons. The minimum Gasteiger partial charge on any atom is -0.476 e. The van der Waals surface area contributed by atoms with Crippen LogP contribution in [0.1, 0.15) is 58.5 Å². The third-order valence-corrected chi connectivity index (χ3v) is 4.90. The Balaban J connectivity index is 2.39. The van der Waals surface area contributed by atoms with Crippen molar-refractivity contribution in [2.45, 2.75) is 65.3 Å². The summed E-state index contributed by atoms with van der Waals surface area (Å²) in [6.07, 6.45) is -6.16. The molecule has 13 heteroatoms. The van der Waals surface area contributed by atoms with Gasteiger partial charge in [0.15, 0.2) is 5.69 Å². The molecule has 1 aliphatic rings. The number of piperazine rings is 1. The molecule has 1 aromatic rings. The Morgan fingerprint density at radius 1 is 0.972 bits per heavy atom. The van der Waals surface area contributed by atoms with E-state index >= 15 is 0 Å². The lowest BCUT2D eigenvalue weighted by molar-refractivity contribution is -0.138. The van der Waals surface area contributed by atoms with Crippen molar-refractivity contribution < 1.29 is 42.1 Å². The Kier molecular flexibility index (Phi) is 8.82. The quantitative estimate of drug-likeness (QED) is 0.601. The van der Waals surface area contributed by atoms with E-state index in [-0.39, 0.29) is 12.2 Å². The normalized spacial score (nSPS) is 15.4. The van der Waals surface area contributed by atoms with Crippen LogP contribution in [0.3, 0.4) is 0 Å². The molecule has 2 heterocycles. The van der Waals surface area contributed by atoms with Crippen LogP contribution in [0.2, 0.25) is 0 Å². The molecule has 1 aliphatic heterocycles. The number of alkyl halides is 3. The topological polar surface area (TPSA) is 113 Å². The Morgan fingerprint density at radius 3 is 1.89 bits per heavy atom. The molecule has 0 aliphatic carbocycles. The van der Waals surface area contributed by atoms with Gasteiger partial charge >= 0.3 is 24.3 Å². The summed E-state index contributed by atoms with van der Waals surface area (Å²) in [5.74, 6) is -1.48. The molecule has 1 fully saturated rings. The summed E-state index contributed by atoms with van der Waals surface area (Å²) in [5.41, 5.74) is -2.53. The van der Waals surface area contributed by atoms with Crippen LogP contribution < -0.4 is 9.80 Å². The third kappa shape index (κ3) is 8.85. The Labute approximate surface area is 207 Å². The highest BCUT2D eigenvalue weighted by Crippen LogP contribution is 2.29. The molecule has 0 aromatic carbocycles. The molecule has 36 heavy (non-hydrogen) atoms. The standard InChI is InChI=1S/C23H33F3N4O6/c1-21(2,3)35-19(33)30(20(34)36-22(4,5)6)16-13-15(14-27-17(16)18(31)32)29-11-9-28(10-12-29)8-7-23(24,25)26/h13-14H,7-12H2,1-6H3,(H,31,32). The molecule has 0 atom stereocenters. The van der Waals surface area contributed by atoms with Crippen LogP contribution >= 0.6 is 0 Å². The molecule has 10 nitrogen and oxygen atoms in total. The van der Waals surface area contributed by atoms with Crippen LogP contribution in [-0.4, -0.2) is 83.2 Å². The highest BCUT2D eigenvalue weighted by atomic mass is 19.4. The van der Waals surface area contributed by atoms with Gasteiger partial charge in [0, 0.05) is 32.7 Å². The van der Waals surface area contributed by atoms with E-state index in [0.717, 1.165) is 0 Å². The predicted molar refractivity (Wildman–Crippen MR) is 125 cm³/mol. The fraction of sp³-hybridized carbons (Fsp3) is 0.652. The van der Waals surface area contributed by atoms with Crippen molar-refractivity contribution in [3.8, 4) is 0 Å². The van der Waals surface area contributed by atoms with Crippen molar-refractivity contribution in [1.82, 2.24) is 9.88 Å². The monoisotopic (exact) mass is 518 g/mol. The van der Waals surface area contributed by atoms with Gasteiger partial charge in [-0.25, -0.2) is 19.4 Å². The van der Waals surface area contributed by atoms with E-state index in [2.05, 4.69) is 4.98 Å². The zero-order valence-electron chi connectivity index (χ0n) is 21.3. The third-order valence-electron chi connectivity index (χ3n) is 4.90. The molecule has 2 rings (SSSR count). The fourth-order valence-corrected chi connectivity index (χ4v) is 3.35. The van der Waals surface area contributed by atoms with E-state index in [1.165, 1.54) is 12.3 Å². The lowest BCUT2D eigenvalue weighted by Gasteiger charge is -2.36. The molecule has 0 spiro atoms. The van der Waals surface area contributed by atoms with Gasteiger partial charge in [0.1, 0.15) is 11.2 Å². The number of hydrogen-bond acceptors (Lipinski definition) is 8. The van der Waals surface area contributed by atoms with Gasteiger partial charge in [-0.3, -0.25) is 4.90 Å². The summed E-state index contributed by atoms with van der Waals surface area (Å²) in [6.45, 7) is 10.8. The molecular formula is C23H33F3N4O6.